The van der Waals surface area contributed by atoms with Crippen molar-refractivity contribution in [1.29, 1.82) is 0 Å². The van der Waals surface area contributed by atoms with Crippen molar-refractivity contribution in [3.8, 4) is 11.4 Å². The minimum atomic E-state index is -0.771. The Morgan fingerprint density at radius 2 is 2.06 bits per heavy atom. The molecule has 0 bridgehead atoms. The monoisotopic (exact) mass is 454 g/mol. The van der Waals surface area contributed by atoms with E-state index in [2.05, 4.69) is 20.8 Å². The van der Waals surface area contributed by atoms with Crippen LogP contribution in [0.2, 0.25) is 0 Å². The molecule has 2 aromatic heterocycles. The van der Waals surface area contributed by atoms with Gasteiger partial charge in [-0.1, -0.05) is 41.6 Å². The first-order valence-corrected chi connectivity index (χ1v) is 10.9. The number of nitrogens with two attached hydrogens (primary N) is 1. The highest BCUT2D eigenvalue weighted by atomic mass is 32.2. The van der Waals surface area contributed by atoms with Gasteiger partial charge in [-0.25, -0.2) is 14.3 Å². The third-order valence-corrected chi connectivity index (χ3v) is 5.77. The van der Waals surface area contributed by atoms with Gasteiger partial charge < -0.3 is 25.6 Å². The molecule has 1 aliphatic heterocycles. The maximum absolute atomic E-state index is 12.7. The van der Waals surface area contributed by atoms with Crippen LogP contribution in [0, 0.1) is 6.92 Å². The molecule has 11 heteroatoms. The quantitative estimate of drug-likeness (QED) is 0.281. The normalized spacial score (nSPS) is 15.9. The Hall–Kier alpha value is -3.73. The molecular formula is C21H22N6O4S. The number of aryl methyl sites for hydroxylation is 1. The lowest BCUT2D eigenvalue weighted by molar-refractivity contribution is -0.139. The summed E-state index contributed by atoms with van der Waals surface area (Å²) < 4.78 is 12.0. The molecule has 0 spiro atoms. The molecule has 0 aliphatic carbocycles. The highest BCUT2D eigenvalue weighted by Gasteiger charge is 2.35. The van der Waals surface area contributed by atoms with Crippen LogP contribution in [0.1, 0.15) is 24.3 Å². The lowest BCUT2D eigenvalue weighted by Crippen LogP contribution is -2.46. The SMILES string of the molecule is CCOC(=O)C1=C(CSc2nnc(-c3ccc(C)cc3)n2N)NC(=O)NC1c1ccco1. The molecule has 3 heterocycles. The van der Waals surface area contributed by atoms with Gasteiger partial charge in [0, 0.05) is 17.0 Å². The lowest BCUT2D eigenvalue weighted by atomic mass is 10.0. The fourth-order valence-corrected chi connectivity index (χ4v) is 4.09. The number of carbonyl (C=O) groups is 2. The number of thioether (sulfide) groups is 1. The van der Waals surface area contributed by atoms with Gasteiger partial charge in [0.2, 0.25) is 5.16 Å². The number of nitrogens with zero attached hydrogens (tertiary/aromatic N) is 3. The Morgan fingerprint density at radius 1 is 1.28 bits per heavy atom. The molecular weight excluding hydrogens is 432 g/mol. The summed E-state index contributed by atoms with van der Waals surface area (Å²) in [5.41, 5.74) is 2.60. The molecule has 0 radical (unpaired) electrons. The number of carbonyl (C=O) groups excluding carboxylic acids is 2. The number of nitrogen functional groups attached to an aromatic ring is 1. The standard InChI is InChI=1S/C21H22N6O4S/c1-3-30-19(28)16-14(23-20(29)24-17(16)15-5-4-10-31-15)11-32-21-26-25-18(27(21)22)13-8-6-12(2)7-9-13/h4-10,17H,3,11,22H2,1-2H3,(H2,23,24,29). The molecule has 0 saturated carbocycles. The van der Waals surface area contributed by atoms with E-state index in [9.17, 15) is 9.59 Å². The number of rotatable bonds is 7. The maximum atomic E-state index is 12.7. The summed E-state index contributed by atoms with van der Waals surface area (Å²) in [6.07, 6.45) is 1.48. The van der Waals surface area contributed by atoms with Crippen molar-refractivity contribution >= 4 is 23.8 Å². The van der Waals surface area contributed by atoms with E-state index < -0.39 is 18.0 Å². The molecule has 4 rings (SSSR count). The Bertz CT molecular complexity index is 1150. The van der Waals surface area contributed by atoms with Gasteiger partial charge in [0.05, 0.1) is 18.4 Å². The Balaban J connectivity index is 1.62. The number of ether oxygens (including phenoxy) is 1. The minimum absolute atomic E-state index is 0.193. The first kappa shape index (κ1) is 21.5. The zero-order valence-electron chi connectivity index (χ0n) is 17.5. The Labute approximate surface area is 188 Å². The predicted molar refractivity (Wildman–Crippen MR) is 118 cm³/mol. The molecule has 1 atom stereocenters. The van der Waals surface area contributed by atoms with E-state index in [4.69, 9.17) is 15.0 Å². The Kier molecular flexibility index (Phi) is 6.17. The summed E-state index contributed by atoms with van der Waals surface area (Å²) in [4.78, 5) is 25.0. The summed E-state index contributed by atoms with van der Waals surface area (Å²) in [6.45, 7) is 3.90. The van der Waals surface area contributed by atoms with Crippen molar-refractivity contribution in [3.63, 3.8) is 0 Å². The summed E-state index contributed by atoms with van der Waals surface area (Å²) in [5.74, 6) is 6.81. The first-order chi connectivity index (χ1) is 15.5. The molecule has 10 nitrogen and oxygen atoms in total. The molecule has 166 valence electrons. The third kappa shape index (κ3) is 4.33. The van der Waals surface area contributed by atoms with Crippen LogP contribution < -0.4 is 16.5 Å². The highest BCUT2D eigenvalue weighted by molar-refractivity contribution is 7.99. The molecule has 32 heavy (non-hydrogen) atoms. The number of amides is 2. The fourth-order valence-electron chi connectivity index (χ4n) is 3.26. The van der Waals surface area contributed by atoms with Gasteiger partial charge in [-0.3, -0.25) is 0 Å². The van der Waals surface area contributed by atoms with Gasteiger partial charge in [-0.2, -0.15) is 0 Å². The zero-order chi connectivity index (χ0) is 22.7. The van der Waals surface area contributed by atoms with E-state index in [-0.39, 0.29) is 17.9 Å². The predicted octanol–water partition coefficient (Wildman–Crippen LogP) is 2.52. The van der Waals surface area contributed by atoms with E-state index in [1.165, 1.54) is 22.7 Å². The number of furan rings is 1. The molecule has 0 saturated heterocycles. The number of benzene rings is 1. The smallest absolute Gasteiger partial charge is 0.338 e. The molecule has 0 fully saturated rings. The molecule has 1 aromatic carbocycles. The lowest BCUT2D eigenvalue weighted by Gasteiger charge is -2.27. The molecule has 4 N–H and O–H groups in total. The van der Waals surface area contributed by atoms with Gasteiger partial charge in [0.1, 0.15) is 11.8 Å². The molecule has 1 aliphatic rings. The van der Waals surface area contributed by atoms with Crippen molar-refractivity contribution in [1.82, 2.24) is 25.5 Å². The number of hydrogen-bond acceptors (Lipinski definition) is 8. The number of nitrogens with one attached hydrogen (secondary N) is 2. The van der Waals surface area contributed by atoms with Crippen molar-refractivity contribution in [2.24, 2.45) is 0 Å². The van der Waals surface area contributed by atoms with Crippen molar-refractivity contribution < 1.29 is 18.7 Å². The van der Waals surface area contributed by atoms with E-state index >= 15 is 0 Å². The van der Waals surface area contributed by atoms with Crippen LogP contribution in [-0.2, 0) is 9.53 Å². The van der Waals surface area contributed by atoms with E-state index in [1.807, 2.05) is 31.2 Å². The van der Waals surface area contributed by atoms with Gasteiger partial charge in [0.15, 0.2) is 5.82 Å². The van der Waals surface area contributed by atoms with Gasteiger partial charge in [-0.05, 0) is 26.0 Å². The summed E-state index contributed by atoms with van der Waals surface area (Å²) in [5, 5.41) is 14.2. The van der Waals surface area contributed by atoms with Crippen molar-refractivity contribution in [3.05, 3.63) is 65.3 Å². The van der Waals surface area contributed by atoms with E-state index in [0.29, 0.717) is 22.4 Å². The summed E-state index contributed by atoms with van der Waals surface area (Å²) in [7, 11) is 0. The number of hydrogen-bond donors (Lipinski definition) is 3. The number of aromatic nitrogens is 3. The van der Waals surface area contributed by atoms with Crippen LogP contribution in [0.4, 0.5) is 4.79 Å². The van der Waals surface area contributed by atoms with Crippen LogP contribution in [0.5, 0.6) is 0 Å². The largest absolute Gasteiger partial charge is 0.467 e. The van der Waals surface area contributed by atoms with Crippen LogP contribution in [0.15, 0.2) is 63.5 Å². The van der Waals surface area contributed by atoms with Crippen molar-refractivity contribution in [2.45, 2.75) is 25.0 Å². The second kappa shape index (κ2) is 9.18. The van der Waals surface area contributed by atoms with Gasteiger partial charge in [-0.15, -0.1) is 10.2 Å². The van der Waals surface area contributed by atoms with Crippen LogP contribution in [-0.4, -0.2) is 39.2 Å². The average molecular weight is 455 g/mol. The van der Waals surface area contributed by atoms with Crippen molar-refractivity contribution in [2.75, 3.05) is 18.2 Å². The van der Waals surface area contributed by atoms with Gasteiger partial charge in [0.25, 0.3) is 0 Å². The molecule has 2 amide bonds. The van der Waals surface area contributed by atoms with Crippen LogP contribution in [0.25, 0.3) is 11.4 Å². The van der Waals surface area contributed by atoms with Crippen LogP contribution >= 0.6 is 11.8 Å². The topological polar surface area (TPSA) is 137 Å². The Morgan fingerprint density at radius 3 is 2.75 bits per heavy atom. The summed E-state index contributed by atoms with van der Waals surface area (Å²) in [6, 6.07) is 9.91. The van der Waals surface area contributed by atoms with E-state index in [1.54, 1.807) is 19.1 Å². The minimum Gasteiger partial charge on any atom is -0.467 e. The van der Waals surface area contributed by atoms with Crippen LogP contribution in [0.3, 0.4) is 0 Å². The molecule has 3 aromatic rings. The van der Waals surface area contributed by atoms with Gasteiger partial charge >= 0.3 is 12.0 Å². The average Bonchev–Trinajstić information content (AvgIpc) is 3.43. The maximum Gasteiger partial charge on any atom is 0.338 e. The third-order valence-electron chi connectivity index (χ3n) is 4.80. The second-order valence-electron chi connectivity index (χ2n) is 6.99. The number of urea groups is 1. The first-order valence-electron chi connectivity index (χ1n) is 9.89. The zero-order valence-corrected chi connectivity index (χ0v) is 18.3. The highest BCUT2D eigenvalue weighted by Crippen LogP contribution is 2.31. The summed E-state index contributed by atoms with van der Waals surface area (Å²) >= 11 is 1.24. The fraction of sp³-hybridized carbons (Fsp3) is 0.238. The molecule has 1 unspecified atom stereocenters. The second-order valence-corrected chi connectivity index (χ2v) is 7.93. The van der Waals surface area contributed by atoms with E-state index in [0.717, 1.165) is 11.1 Å². The number of esters is 1.